The van der Waals surface area contributed by atoms with Gasteiger partial charge in [0.2, 0.25) is 0 Å². The third kappa shape index (κ3) is 2.97. The Morgan fingerprint density at radius 3 is 2.53 bits per heavy atom. The van der Waals surface area contributed by atoms with Crippen molar-refractivity contribution in [2.45, 2.75) is 6.10 Å². The van der Waals surface area contributed by atoms with Crippen LogP contribution in [0.15, 0.2) is 36.5 Å². The molecule has 0 spiro atoms. The van der Waals surface area contributed by atoms with Crippen LogP contribution < -0.4 is 5.32 Å². The number of carbonyl (C=O) groups is 1. The average molecular weight is 266 g/mol. The van der Waals surface area contributed by atoms with Gasteiger partial charge in [-0.1, -0.05) is 6.07 Å². The summed E-state index contributed by atoms with van der Waals surface area (Å²) >= 11 is 0. The third-order valence-electron chi connectivity index (χ3n) is 2.63. The van der Waals surface area contributed by atoms with Crippen molar-refractivity contribution >= 4 is 5.91 Å². The molecule has 1 atom stereocenters. The molecular weight excluding hydrogens is 254 g/mol. The summed E-state index contributed by atoms with van der Waals surface area (Å²) < 4.78 is 26.8. The first kappa shape index (κ1) is 13.2. The van der Waals surface area contributed by atoms with E-state index in [0.29, 0.717) is 5.69 Å². The van der Waals surface area contributed by atoms with Crippen LogP contribution in [0.5, 0.6) is 0 Å². The van der Waals surface area contributed by atoms with Gasteiger partial charge in [-0.3, -0.25) is 4.79 Å². The molecule has 0 fully saturated rings. The molecular formula is C13H12F2N2O2. The fraction of sp³-hybridized carbons (Fsp3) is 0.154. The molecule has 1 heterocycles. The van der Waals surface area contributed by atoms with E-state index in [1.54, 1.807) is 18.3 Å². The maximum atomic E-state index is 13.4. The summed E-state index contributed by atoms with van der Waals surface area (Å²) in [7, 11) is 0. The molecule has 3 N–H and O–H groups in total. The molecule has 1 amide bonds. The van der Waals surface area contributed by atoms with Crippen LogP contribution in [0.1, 0.15) is 22.2 Å². The summed E-state index contributed by atoms with van der Waals surface area (Å²) in [6, 6.07) is 6.49. The number of hydrogen-bond acceptors (Lipinski definition) is 2. The molecule has 0 bridgehead atoms. The van der Waals surface area contributed by atoms with E-state index >= 15 is 0 Å². The molecule has 0 aliphatic heterocycles. The Bertz CT molecular complexity index is 550. The highest BCUT2D eigenvalue weighted by Crippen LogP contribution is 2.19. The van der Waals surface area contributed by atoms with Crippen molar-refractivity contribution in [2.75, 3.05) is 6.54 Å². The van der Waals surface area contributed by atoms with E-state index in [-0.39, 0.29) is 6.54 Å². The number of aromatic amines is 1. The molecule has 2 rings (SSSR count). The number of rotatable bonds is 4. The molecule has 0 saturated carbocycles. The van der Waals surface area contributed by atoms with Gasteiger partial charge in [0.1, 0.15) is 23.4 Å². The number of benzene rings is 1. The molecule has 1 aromatic heterocycles. The van der Waals surface area contributed by atoms with Crippen molar-refractivity contribution in [2.24, 2.45) is 0 Å². The number of aromatic nitrogens is 1. The molecule has 0 aliphatic rings. The van der Waals surface area contributed by atoms with E-state index in [2.05, 4.69) is 10.3 Å². The number of aliphatic hydroxyl groups excluding tert-OH is 1. The lowest BCUT2D eigenvalue weighted by Gasteiger charge is -2.13. The zero-order chi connectivity index (χ0) is 13.8. The lowest BCUT2D eigenvalue weighted by molar-refractivity contribution is 0.0907. The van der Waals surface area contributed by atoms with Crippen LogP contribution in [-0.4, -0.2) is 22.5 Å². The number of carbonyl (C=O) groups excluding carboxylic acids is 1. The minimum atomic E-state index is -1.44. The highest BCUT2D eigenvalue weighted by molar-refractivity contribution is 5.92. The average Bonchev–Trinajstić information content (AvgIpc) is 2.89. The second kappa shape index (κ2) is 5.62. The minimum Gasteiger partial charge on any atom is -0.386 e. The van der Waals surface area contributed by atoms with Gasteiger partial charge in [0.15, 0.2) is 0 Å². The Balaban J connectivity index is 2.02. The van der Waals surface area contributed by atoms with E-state index in [1.165, 1.54) is 6.07 Å². The molecule has 4 nitrogen and oxygen atoms in total. The summed E-state index contributed by atoms with van der Waals surface area (Å²) in [5, 5.41) is 12.1. The largest absolute Gasteiger partial charge is 0.386 e. The predicted molar refractivity (Wildman–Crippen MR) is 64.4 cm³/mol. The predicted octanol–water partition coefficient (Wildman–Crippen LogP) is 1.76. The van der Waals surface area contributed by atoms with E-state index in [1.807, 2.05) is 0 Å². The molecule has 2 aromatic rings. The Hall–Kier alpha value is -2.21. The quantitative estimate of drug-likeness (QED) is 0.789. The van der Waals surface area contributed by atoms with Crippen molar-refractivity contribution in [3.05, 3.63) is 59.4 Å². The van der Waals surface area contributed by atoms with Crippen molar-refractivity contribution in [3.8, 4) is 0 Å². The normalized spacial score (nSPS) is 12.2. The van der Waals surface area contributed by atoms with Gasteiger partial charge < -0.3 is 15.4 Å². The van der Waals surface area contributed by atoms with Crippen LogP contribution in [0.25, 0.3) is 0 Å². The smallest absolute Gasteiger partial charge is 0.267 e. The fourth-order valence-electron chi connectivity index (χ4n) is 1.69. The van der Waals surface area contributed by atoms with Crippen molar-refractivity contribution in [3.63, 3.8) is 0 Å². The van der Waals surface area contributed by atoms with Gasteiger partial charge in [-0.2, -0.15) is 0 Å². The molecule has 0 saturated heterocycles. The standard InChI is InChI=1S/C13H12F2N2O2/c14-8-3-1-4-9(15)12(8)11(18)7-17-13(19)10-5-2-6-16-10/h1-6,11,16,18H,7H2,(H,17,19). The first-order chi connectivity index (χ1) is 9.09. The summed E-state index contributed by atoms with van der Waals surface area (Å²) in [6.45, 7) is -0.282. The van der Waals surface area contributed by atoms with Gasteiger partial charge in [-0.05, 0) is 24.3 Å². The highest BCUT2D eigenvalue weighted by Gasteiger charge is 2.18. The van der Waals surface area contributed by atoms with Gasteiger partial charge in [-0.15, -0.1) is 0 Å². The number of halogens is 2. The second-order valence-corrected chi connectivity index (χ2v) is 3.94. The molecule has 0 aliphatic carbocycles. The summed E-state index contributed by atoms with van der Waals surface area (Å²) in [4.78, 5) is 14.3. The Labute approximate surface area is 108 Å². The monoisotopic (exact) mass is 266 g/mol. The molecule has 1 unspecified atom stereocenters. The Morgan fingerprint density at radius 1 is 1.26 bits per heavy atom. The zero-order valence-corrected chi connectivity index (χ0v) is 9.86. The van der Waals surface area contributed by atoms with Crippen molar-refractivity contribution in [1.29, 1.82) is 0 Å². The number of hydrogen-bond donors (Lipinski definition) is 3. The molecule has 100 valence electrons. The summed E-state index contributed by atoms with van der Waals surface area (Å²) in [5.74, 6) is -2.15. The van der Waals surface area contributed by atoms with E-state index in [9.17, 15) is 18.7 Å². The first-order valence-corrected chi connectivity index (χ1v) is 5.63. The van der Waals surface area contributed by atoms with Gasteiger partial charge in [0.25, 0.3) is 5.91 Å². The van der Waals surface area contributed by atoms with Gasteiger partial charge >= 0.3 is 0 Å². The SMILES string of the molecule is O=C(NCC(O)c1c(F)cccc1F)c1ccc[nH]1. The highest BCUT2D eigenvalue weighted by atomic mass is 19.1. The number of aliphatic hydroxyl groups is 1. The molecule has 1 aromatic carbocycles. The van der Waals surface area contributed by atoms with Gasteiger partial charge in [-0.25, -0.2) is 8.78 Å². The van der Waals surface area contributed by atoms with Crippen LogP contribution in [0, 0.1) is 11.6 Å². The topological polar surface area (TPSA) is 65.1 Å². The van der Waals surface area contributed by atoms with E-state index < -0.39 is 29.2 Å². The number of amides is 1. The summed E-state index contributed by atoms with van der Waals surface area (Å²) in [5.41, 5.74) is -0.143. The van der Waals surface area contributed by atoms with E-state index in [0.717, 1.165) is 12.1 Å². The minimum absolute atomic E-state index is 0.282. The third-order valence-corrected chi connectivity index (χ3v) is 2.63. The van der Waals surface area contributed by atoms with Crippen LogP contribution in [0.4, 0.5) is 8.78 Å². The maximum absolute atomic E-state index is 13.4. The van der Waals surface area contributed by atoms with Crippen LogP contribution >= 0.6 is 0 Å². The van der Waals surface area contributed by atoms with Crippen molar-refractivity contribution < 1.29 is 18.7 Å². The maximum Gasteiger partial charge on any atom is 0.267 e. The first-order valence-electron chi connectivity index (χ1n) is 5.63. The second-order valence-electron chi connectivity index (χ2n) is 3.94. The molecule has 19 heavy (non-hydrogen) atoms. The van der Waals surface area contributed by atoms with Crippen molar-refractivity contribution in [1.82, 2.24) is 10.3 Å². The lowest BCUT2D eigenvalue weighted by Crippen LogP contribution is -2.29. The van der Waals surface area contributed by atoms with Crippen LogP contribution in [0.3, 0.4) is 0 Å². The fourth-order valence-corrected chi connectivity index (χ4v) is 1.69. The van der Waals surface area contributed by atoms with Crippen LogP contribution in [-0.2, 0) is 0 Å². The zero-order valence-electron chi connectivity index (χ0n) is 9.86. The Kier molecular flexibility index (Phi) is 3.91. The molecule has 0 radical (unpaired) electrons. The number of H-pyrrole nitrogens is 1. The lowest BCUT2D eigenvalue weighted by atomic mass is 10.1. The number of nitrogens with one attached hydrogen (secondary N) is 2. The van der Waals surface area contributed by atoms with Gasteiger partial charge in [0, 0.05) is 12.7 Å². The van der Waals surface area contributed by atoms with Crippen LogP contribution in [0.2, 0.25) is 0 Å². The van der Waals surface area contributed by atoms with Gasteiger partial charge in [0.05, 0.1) is 5.56 Å². The molecule has 6 heteroatoms. The summed E-state index contributed by atoms with van der Waals surface area (Å²) in [6.07, 6.45) is 0.127. The van der Waals surface area contributed by atoms with E-state index in [4.69, 9.17) is 0 Å². The Morgan fingerprint density at radius 2 is 1.95 bits per heavy atom.